The fraction of sp³-hybridized carbons (Fsp3) is 0.270. The first-order chi connectivity index (χ1) is 71.2. The van der Waals surface area contributed by atoms with E-state index in [9.17, 15) is 28.8 Å². The highest BCUT2D eigenvalue weighted by Gasteiger charge is 2.38. The number of likely N-dealkylation sites (N-methyl/N-ethyl adjacent to an activating group) is 1. The second-order valence-electron chi connectivity index (χ2n) is 37.8. The number of benzene rings is 9. The van der Waals surface area contributed by atoms with Gasteiger partial charge in [-0.15, -0.1) is 29.3 Å². The fourth-order valence-corrected chi connectivity index (χ4v) is 20.7. The third kappa shape index (κ3) is 24.4. The molecule has 6 fully saturated rings. The van der Waals surface area contributed by atoms with E-state index in [-0.39, 0.29) is 29.5 Å². The van der Waals surface area contributed by atoms with E-state index in [0.29, 0.717) is 97.4 Å². The SMILES string of the molecule is C=CCc1cn(CCN2CCOCC2)c2ccc(C(=O)Nc3cc(-c4ccccc4)ccc3N)cc12.CN1CCN(c2ccc3cc(C(=O)Nc4sccc4N)cnc3c2)CC1.NC(=O)c1cnc2[nH]ccc2c1.Nc1ccc(-c2ccccc2)cc1NC(=O)c1cc2c(c(C3CC3)c1)N(CCN1CCOCC1)C(=O)C2.Nc1ccc(-c2cccs2)cc1NC(=O)c1ccc2c(c1)cc(C1CC1)n2CCN1CCOCC1. The molecule has 6 amide bonds. The maximum atomic E-state index is 13.4. The highest BCUT2D eigenvalue weighted by molar-refractivity contribution is 7.15. The van der Waals surface area contributed by atoms with E-state index in [2.05, 4.69) is 120 Å². The standard InChI is InChI=1S/C30H32N4O3.C30H32N4O2.C28H30N4O2S.C19H21N5OS.C8H7N3O/c31-26-9-8-22(20-4-2-1-3-5-20)18-27(26)32-30(36)24-16-23-19-28(35)34(11-10-33-12-14-37-15-13-33)29(23)25(17-24)21-6-7-21;1-2-6-25-21-34(14-13-33-15-17-36-18-16-33)29-12-10-24(19-26(25)29)30(35)32-28-20-23(9-11-27(28)31)22-7-4-3-5-8-22;29-23-7-5-20(27-2-1-15-35-27)17-24(23)30-28(33)21-6-8-25-22(16-21)18-26(19-3-4-19)32(25)10-9-31-11-13-34-14-12-31;1-23-5-7-24(8-6-23)15-3-2-13-10-14(12-21-17(13)11-15)18(25)22-19-16(20)4-9-26-19;9-7(12)6-3-5-1-2-10-8(5)11-4-6/h1-5,8-9,16-18,21H,6-7,10-15,19,31H2,(H,32,36);2-5,7-12,19-21H,1,6,13-18,31H2,(H,32,35);1-2,5-8,15-19H,3-4,9-14,29H2,(H,30,33);2-4,9-12H,5-8,20H2,1H3,(H,22,25);1-4H,(H2,9,12)(H,10,11). The van der Waals surface area contributed by atoms with Crippen LogP contribution in [-0.4, -0.2) is 217 Å². The molecule has 0 unspecified atom stereocenters. The van der Waals surface area contributed by atoms with Crippen LogP contribution in [0.5, 0.6) is 0 Å². The predicted molar refractivity (Wildman–Crippen MR) is 589 cm³/mol. The Hall–Kier alpha value is -15.2. The molecule has 12 heterocycles. The molecule has 2 aliphatic carbocycles. The van der Waals surface area contributed by atoms with Gasteiger partial charge in [-0.1, -0.05) is 97.1 Å². The number of anilines is 10. The Bertz CT molecular complexity index is 7390. The topological polar surface area (TPSA) is 379 Å². The molecule has 15 N–H and O–H groups in total. The number of nitrogens with one attached hydrogen (secondary N) is 5. The number of thiophene rings is 2. The van der Waals surface area contributed by atoms with E-state index < -0.39 is 5.91 Å². The van der Waals surface area contributed by atoms with E-state index in [1.807, 2.05) is 204 Å². The monoisotopic (exact) mass is 1990 g/mol. The number of ether oxygens (including phenoxy) is 3. The average molecular weight is 1990 g/mol. The van der Waals surface area contributed by atoms with Gasteiger partial charge in [0.1, 0.15) is 10.6 Å². The third-order valence-corrected chi connectivity index (χ3v) is 29.5. The van der Waals surface area contributed by atoms with Crippen molar-refractivity contribution in [3.63, 3.8) is 0 Å². The Kier molecular flexibility index (Phi) is 31.6. The van der Waals surface area contributed by atoms with Crippen LogP contribution >= 0.6 is 22.7 Å². The predicted octanol–water partition coefficient (Wildman–Crippen LogP) is 18.4. The lowest BCUT2D eigenvalue weighted by Crippen LogP contribution is -2.44. The Morgan fingerprint density at radius 3 is 1.62 bits per heavy atom. The van der Waals surface area contributed by atoms with Crippen molar-refractivity contribution in [2.45, 2.75) is 63.5 Å². The number of H-pyrrole nitrogens is 1. The van der Waals surface area contributed by atoms with Gasteiger partial charge in [0.2, 0.25) is 11.8 Å². The van der Waals surface area contributed by atoms with Gasteiger partial charge >= 0.3 is 0 Å². The maximum absolute atomic E-state index is 13.4. The number of primary amides is 1. The molecule has 146 heavy (non-hydrogen) atoms. The smallest absolute Gasteiger partial charge is 0.257 e. The van der Waals surface area contributed by atoms with Crippen molar-refractivity contribution >= 4 is 158 Å². The van der Waals surface area contributed by atoms with Gasteiger partial charge in [0.15, 0.2) is 0 Å². The molecular formula is C115H122N20O9S2. The van der Waals surface area contributed by atoms with Gasteiger partial charge in [0.25, 0.3) is 23.6 Å². The van der Waals surface area contributed by atoms with Crippen LogP contribution < -0.4 is 59.7 Å². The first-order valence-corrected chi connectivity index (χ1v) is 51.7. The first-order valence-electron chi connectivity index (χ1n) is 49.9. The molecule has 23 rings (SSSR count). The number of nitrogens with two attached hydrogens (primary N) is 5. The lowest BCUT2D eigenvalue weighted by molar-refractivity contribution is -0.117. The zero-order valence-corrected chi connectivity index (χ0v) is 83.5. The molecule has 0 bridgehead atoms. The number of nitrogens with zero attached hydrogens (tertiary/aromatic N) is 10. The van der Waals surface area contributed by atoms with E-state index >= 15 is 0 Å². The van der Waals surface area contributed by atoms with Crippen molar-refractivity contribution < 1.29 is 43.0 Å². The van der Waals surface area contributed by atoms with E-state index in [0.717, 1.165) is 245 Å². The van der Waals surface area contributed by atoms with Gasteiger partial charge < -0.3 is 93.0 Å². The molecule has 0 spiro atoms. The fourth-order valence-electron chi connectivity index (χ4n) is 19.2. The normalized spacial score (nSPS) is 15.5. The molecule has 29 nitrogen and oxygen atoms in total. The van der Waals surface area contributed by atoms with Crippen molar-refractivity contribution in [3.05, 3.63) is 323 Å². The summed E-state index contributed by atoms with van der Waals surface area (Å²) in [5.74, 6) is -0.0186. The summed E-state index contributed by atoms with van der Waals surface area (Å²) in [6.45, 7) is 23.9. The largest absolute Gasteiger partial charge is 0.397 e. The maximum Gasteiger partial charge on any atom is 0.257 e. The van der Waals surface area contributed by atoms with Crippen LogP contribution in [0.25, 0.3) is 76.4 Å². The number of aromatic nitrogens is 5. The number of aromatic amines is 1. The molecule has 9 aromatic carbocycles. The molecule has 0 radical (unpaired) electrons. The summed E-state index contributed by atoms with van der Waals surface area (Å²) in [4.78, 5) is 103. The number of hydrogen-bond acceptors (Lipinski definition) is 22. The van der Waals surface area contributed by atoms with Crippen LogP contribution in [0.15, 0.2) is 273 Å². The molecule has 31 heteroatoms. The summed E-state index contributed by atoms with van der Waals surface area (Å²) in [5, 5.41) is 20.5. The first kappa shape index (κ1) is 99.6. The molecule has 0 atom stereocenters. The van der Waals surface area contributed by atoms with Gasteiger partial charge in [-0.25, -0.2) is 4.98 Å². The van der Waals surface area contributed by atoms with Gasteiger partial charge in [0, 0.05) is 195 Å². The number of morpholine rings is 3. The summed E-state index contributed by atoms with van der Waals surface area (Å²) in [5.41, 5.74) is 52.3. The number of carbonyl (C=O) groups is 6. The number of hydrogen-bond donors (Lipinski definition) is 10. The van der Waals surface area contributed by atoms with Gasteiger partial charge in [0.05, 0.1) is 108 Å². The minimum atomic E-state index is -0.453. The minimum absolute atomic E-state index is 0.113. The Morgan fingerprint density at radius 2 is 1.03 bits per heavy atom. The summed E-state index contributed by atoms with van der Waals surface area (Å²) in [7, 11) is 2.15. The number of piperazine rings is 1. The molecule has 7 aliphatic rings. The molecular weight excluding hydrogens is 1870 g/mol. The van der Waals surface area contributed by atoms with E-state index in [1.54, 1.807) is 35.9 Å². The zero-order chi connectivity index (χ0) is 101. The number of carbonyl (C=O) groups excluding carboxylic acids is 6. The van der Waals surface area contributed by atoms with Crippen LogP contribution in [0.4, 0.5) is 56.2 Å². The molecule has 2 saturated carbocycles. The quantitative estimate of drug-likeness (QED) is 0.0178. The van der Waals surface area contributed by atoms with Crippen LogP contribution in [0.3, 0.4) is 0 Å². The minimum Gasteiger partial charge on any atom is -0.397 e. The second-order valence-corrected chi connectivity index (χ2v) is 39.7. The zero-order valence-electron chi connectivity index (χ0n) is 81.9. The number of pyridine rings is 2. The summed E-state index contributed by atoms with van der Waals surface area (Å²) in [6.07, 6.45) is 14.7. The van der Waals surface area contributed by atoms with Crippen molar-refractivity contribution in [2.24, 2.45) is 5.73 Å². The number of fused-ring (bicyclic) bond motifs is 5. The highest BCUT2D eigenvalue weighted by atomic mass is 32.1. The Morgan fingerprint density at radius 1 is 0.473 bits per heavy atom. The van der Waals surface area contributed by atoms with Gasteiger partial charge in [-0.2, -0.15) is 0 Å². The second kappa shape index (κ2) is 46.3. The number of nitrogen functional groups attached to an aromatic ring is 4. The highest BCUT2D eigenvalue weighted by Crippen LogP contribution is 2.49. The number of allylic oxidation sites excluding steroid dienone is 1. The average Bonchev–Trinajstić information content (AvgIpc) is 1.61. The lowest BCUT2D eigenvalue weighted by Gasteiger charge is -2.34. The van der Waals surface area contributed by atoms with E-state index in [4.69, 9.17) is 42.9 Å². The number of amides is 6. The molecule has 5 aliphatic heterocycles. The molecule has 4 saturated heterocycles. The van der Waals surface area contributed by atoms with Crippen molar-refractivity contribution in [2.75, 3.05) is 192 Å². The Balaban J connectivity index is 0.000000119. The summed E-state index contributed by atoms with van der Waals surface area (Å²) >= 11 is 3.07. The van der Waals surface area contributed by atoms with Crippen molar-refractivity contribution in [1.82, 2.24) is 43.7 Å². The molecule has 748 valence electrons. The number of rotatable bonds is 26. The van der Waals surface area contributed by atoms with E-state index in [1.165, 1.54) is 52.8 Å². The van der Waals surface area contributed by atoms with Crippen LogP contribution in [0, 0.1) is 0 Å². The summed E-state index contributed by atoms with van der Waals surface area (Å²) in [6, 6.07) is 72.9. The van der Waals surface area contributed by atoms with Crippen molar-refractivity contribution in [1.29, 1.82) is 0 Å². The third-order valence-electron chi connectivity index (χ3n) is 27.8. The molecule has 16 aromatic rings. The van der Waals surface area contributed by atoms with Gasteiger partial charge in [-0.05, 0) is 240 Å². The van der Waals surface area contributed by atoms with Crippen LogP contribution in [0.2, 0.25) is 0 Å². The van der Waals surface area contributed by atoms with Crippen LogP contribution in [0.1, 0.15) is 112 Å². The van der Waals surface area contributed by atoms with Gasteiger partial charge in [-0.3, -0.25) is 48.5 Å². The summed E-state index contributed by atoms with van der Waals surface area (Å²) < 4.78 is 21.2. The van der Waals surface area contributed by atoms with Crippen molar-refractivity contribution in [3.8, 4) is 32.7 Å². The Labute approximate surface area is 856 Å². The lowest BCUT2D eigenvalue weighted by atomic mass is 9.98. The van der Waals surface area contributed by atoms with Crippen LogP contribution in [-0.2, 0) is 44.9 Å². The molecule has 7 aromatic heterocycles.